The first kappa shape index (κ1) is 12.3. The summed E-state index contributed by atoms with van der Waals surface area (Å²) in [4.78, 5) is 10.8. The predicted molar refractivity (Wildman–Crippen MR) is 66.9 cm³/mol. The lowest BCUT2D eigenvalue weighted by atomic mass is 9.90. The SMILES string of the molecule is COc1ncc(CN2CCCCC2(C)C)cn1. The van der Waals surface area contributed by atoms with E-state index in [1.807, 2.05) is 12.4 Å². The van der Waals surface area contributed by atoms with E-state index >= 15 is 0 Å². The number of aromatic nitrogens is 2. The molecule has 0 unspecified atom stereocenters. The molecule has 0 bridgehead atoms. The number of rotatable bonds is 3. The van der Waals surface area contributed by atoms with Crippen LogP contribution in [0.2, 0.25) is 0 Å². The van der Waals surface area contributed by atoms with Crippen LogP contribution < -0.4 is 4.74 Å². The van der Waals surface area contributed by atoms with Gasteiger partial charge in [0.1, 0.15) is 0 Å². The van der Waals surface area contributed by atoms with E-state index < -0.39 is 0 Å². The molecule has 0 amide bonds. The number of ether oxygens (including phenoxy) is 1. The molecule has 2 heterocycles. The fourth-order valence-corrected chi connectivity index (χ4v) is 2.36. The summed E-state index contributed by atoms with van der Waals surface area (Å²) in [5, 5.41) is 0. The maximum atomic E-state index is 4.96. The number of piperidine rings is 1. The van der Waals surface area contributed by atoms with E-state index in [4.69, 9.17) is 4.74 Å². The van der Waals surface area contributed by atoms with Crippen LogP contribution >= 0.6 is 0 Å². The van der Waals surface area contributed by atoms with E-state index in [0.29, 0.717) is 6.01 Å². The van der Waals surface area contributed by atoms with Gasteiger partial charge in [0.05, 0.1) is 7.11 Å². The van der Waals surface area contributed by atoms with Crippen LogP contribution in [0.25, 0.3) is 0 Å². The molecule has 0 aromatic carbocycles. The Morgan fingerprint density at radius 3 is 2.59 bits per heavy atom. The van der Waals surface area contributed by atoms with Crippen molar-refractivity contribution in [3.8, 4) is 6.01 Å². The Kier molecular flexibility index (Phi) is 3.62. The van der Waals surface area contributed by atoms with Gasteiger partial charge in [0.15, 0.2) is 0 Å². The summed E-state index contributed by atoms with van der Waals surface area (Å²) >= 11 is 0. The minimum absolute atomic E-state index is 0.290. The summed E-state index contributed by atoms with van der Waals surface area (Å²) in [5.74, 6) is 0. The molecule has 1 aromatic heterocycles. The molecule has 94 valence electrons. The van der Waals surface area contributed by atoms with Crippen molar-refractivity contribution in [3.05, 3.63) is 18.0 Å². The number of hydrogen-bond donors (Lipinski definition) is 0. The van der Waals surface area contributed by atoms with Crippen LogP contribution in [-0.2, 0) is 6.54 Å². The Morgan fingerprint density at radius 2 is 2.00 bits per heavy atom. The van der Waals surface area contributed by atoms with E-state index in [2.05, 4.69) is 28.7 Å². The molecule has 17 heavy (non-hydrogen) atoms. The third kappa shape index (κ3) is 2.94. The molecule has 0 saturated carbocycles. The lowest BCUT2D eigenvalue weighted by Crippen LogP contribution is -2.46. The second-order valence-electron chi connectivity index (χ2n) is 5.27. The molecule has 2 rings (SSSR count). The van der Waals surface area contributed by atoms with Gasteiger partial charge in [-0.25, -0.2) is 9.97 Å². The fourth-order valence-electron chi connectivity index (χ4n) is 2.36. The largest absolute Gasteiger partial charge is 0.467 e. The molecule has 1 aromatic rings. The molecule has 4 nitrogen and oxygen atoms in total. The second kappa shape index (κ2) is 5.00. The smallest absolute Gasteiger partial charge is 0.316 e. The molecule has 1 saturated heterocycles. The quantitative estimate of drug-likeness (QED) is 0.805. The highest BCUT2D eigenvalue weighted by atomic mass is 16.5. The Hall–Kier alpha value is -1.16. The molecule has 0 atom stereocenters. The average molecular weight is 235 g/mol. The van der Waals surface area contributed by atoms with E-state index in [1.165, 1.54) is 25.8 Å². The Balaban J connectivity index is 2.03. The zero-order valence-corrected chi connectivity index (χ0v) is 10.9. The van der Waals surface area contributed by atoms with Gasteiger partial charge in [-0.05, 0) is 33.2 Å². The number of hydrogen-bond acceptors (Lipinski definition) is 4. The summed E-state index contributed by atoms with van der Waals surface area (Å²) in [5.41, 5.74) is 1.44. The molecule has 0 N–H and O–H groups in total. The molecule has 1 aliphatic heterocycles. The normalized spacial score (nSPS) is 20.2. The molecular weight excluding hydrogens is 214 g/mol. The van der Waals surface area contributed by atoms with Crippen LogP contribution in [-0.4, -0.2) is 34.1 Å². The number of methoxy groups -OCH3 is 1. The molecule has 1 fully saturated rings. The lowest BCUT2D eigenvalue weighted by Gasteiger charge is -2.42. The second-order valence-corrected chi connectivity index (χ2v) is 5.27. The first-order valence-electron chi connectivity index (χ1n) is 6.22. The van der Waals surface area contributed by atoms with Crippen molar-refractivity contribution in [2.45, 2.75) is 45.2 Å². The summed E-state index contributed by atoms with van der Waals surface area (Å²) < 4.78 is 4.96. The first-order chi connectivity index (χ1) is 8.12. The Bertz CT molecular complexity index is 361. The Morgan fingerprint density at radius 1 is 1.29 bits per heavy atom. The zero-order chi connectivity index (χ0) is 12.3. The summed E-state index contributed by atoms with van der Waals surface area (Å²) in [6.45, 7) is 6.73. The molecule has 0 spiro atoms. The Labute approximate surface area is 103 Å². The van der Waals surface area contributed by atoms with Crippen LogP contribution in [0.15, 0.2) is 12.4 Å². The standard InChI is InChI=1S/C13H21N3O/c1-13(2)6-4-5-7-16(13)10-11-8-14-12(17-3)15-9-11/h8-9H,4-7,10H2,1-3H3. The topological polar surface area (TPSA) is 38.2 Å². The van der Waals surface area contributed by atoms with Crippen molar-refractivity contribution in [2.24, 2.45) is 0 Å². The van der Waals surface area contributed by atoms with Crippen molar-refractivity contribution >= 4 is 0 Å². The maximum absolute atomic E-state index is 4.96. The van der Waals surface area contributed by atoms with Gasteiger partial charge in [0.2, 0.25) is 0 Å². The van der Waals surface area contributed by atoms with E-state index in [1.54, 1.807) is 7.11 Å². The van der Waals surface area contributed by atoms with Crippen LogP contribution in [0.3, 0.4) is 0 Å². The van der Waals surface area contributed by atoms with Crippen LogP contribution in [0.5, 0.6) is 6.01 Å². The van der Waals surface area contributed by atoms with Crippen molar-refractivity contribution in [1.29, 1.82) is 0 Å². The lowest BCUT2D eigenvalue weighted by molar-refractivity contribution is 0.0689. The average Bonchev–Trinajstić information content (AvgIpc) is 2.33. The highest BCUT2D eigenvalue weighted by Crippen LogP contribution is 2.28. The van der Waals surface area contributed by atoms with Gasteiger partial charge < -0.3 is 4.74 Å². The minimum Gasteiger partial charge on any atom is -0.467 e. The van der Waals surface area contributed by atoms with Crippen LogP contribution in [0.4, 0.5) is 0 Å². The molecule has 1 aliphatic rings. The summed E-state index contributed by atoms with van der Waals surface area (Å²) in [6, 6.07) is 0.437. The molecule has 0 aliphatic carbocycles. The van der Waals surface area contributed by atoms with Gasteiger partial charge in [0.25, 0.3) is 0 Å². The molecule has 0 radical (unpaired) electrons. The number of likely N-dealkylation sites (tertiary alicyclic amines) is 1. The van der Waals surface area contributed by atoms with Crippen molar-refractivity contribution < 1.29 is 4.74 Å². The van der Waals surface area contributed by atoms with E-state index in [0.717, 1.165) is 12.1 Å². The van der Waals surface area contributed by atoms with Gasteiger partial charge in [0, 0.05) is 30.0 Å². The van der Waals surface area contributed by atoms with Crippen molar-refractivity contribution in [2.75, 3.05) is 13.7 Å². The third-order valence-corrected chi connectivity index (χ3v) is 3.56. The van der Waals surface area contributed by atoms with Gasteiger partial charge >= 0.3 is 6.01 Å². The highest BCUT2D eigenvalue weighted by molar-refractivity contribution is 5.08. The molecular formula is C13H21N3O. The first-order valence-corrected chi connectivity index (χ1v) is 6.22. The summed E-state index contributed by atoms with van der Waals surface area (Å²) in [6.07, 6.45) is 7.61. The minimum atomic E-state index is 0.290. The monoisotopic (exact) mass is 235 g/mol. The van der Waals surface area contributed by atoms with Crippen molar-refractivity contribution in [3.63, 3.8) is 0 Å². The zero-order valence-electron chi connectivity index (χ0n) is 10.9. The fraction of sp³-hybridized carbons (Fsp3) is 0.692. The highest BCUT2D eigenvalue weighted by Gasteiger charge is 2.29. The number of nitrogens with zero attached hydrogens (tertiary/aromatic N) is 3. The van der Waals surface area contributed by atoms with Gasteiger partial charge in [-0.3, -0.25) is 4.90 Å². The van der Waals surface area contributed by atoms with E-state index in [-0.39, 0.29) is 5.54 Å². The van der Waals surface area contributed by atoms with E-state index in [9.17, 15) is 0 Å². The third-order valence-electron chi connectivity index (χ3n) is 3.56. The maximum Gasteiger partial charge on any atom is 0.316 e. The van der Waals surface area contributed by atoms with Gasteiger partial charge in [-0.2, -0.15) is 0 Å². The summed E-state index contributed by atoms with van der Waals surface area (Å²) in [7, 11) is 1.59. The molecule has 4 heteroatoms. The van der Waals surface area contributed by atoms with Crippen LogP contribution in [0.1, 0.15) is 38.7 Å². The predicted octanol–water partition coefficient (Wildman–Crippen LogP) is 2.25. The van der Waals surface area contributed by atoms with Gasteiger partial charge in [-0.15, -0.1) is 0 Å². The van der Waals surface area contributed by atoms with Crippen LogP contribution in [0, 0.1) is 0 Å². The van der Waals surface area contributed by atoms with Crippen molar-refractivity contribution in [1.82, 2.24) is 14.9 Å². The van der Waals surface area contributed by atoms with Gasteiger partial charge in [-0.1, -0.05) is 6.42 Å².